The highest BCUT2D eigenvalue weighted by Crippen LogP contribution is 2.52. The van der Waals surface area contributed by atoms with Crippen LogP contribution in [0.4, 0.5) is 10.5 Å². The second kappa shape index (κ2) is 22.0. The molecule has 0 spiro atoms. The van der Waals surface area contributed by atoms with Gasteiger partial charge in [0.1, 0.15) is 48.3 Å². The maximum Gasteiger partial charge on any atom is 0.407 e. The summed E-state index contributed by atoms with van der Waals surface area (Å²) in [6.45, 7) is 5.38. The Bertz CT molecular complexity index is 2850. The van der Waals surface area contributed by atoms with E-state index in [1.807, 2.05) is 0 Å². The minimum absolute atomic E-state index is 0.0174. The summed E-state index contributed by atoms with van der Waals surface area (Å²) in [5.41, 5.74) is -4.85. The first-order valence-electron chi connectivity index (χ1n) is 23.1. The van der Waals surface area contributed by atoms with Crippen LogP contribution in [0.25, 0.3) is 0 Å². The summed E-state index contributed by atoms with van der Waals surface area (Å²) in [7, 11) is 1.28. The van der Waals surface area contributed by atoms with Crippen LogP contribution in [0.2, 0.25) is 0 Å². The van der Waals surface area contributed by atoms with E-state index in [2.05, 4.69) is 5.32 Å². The van der Waals surface area contributed by atoms with Crippen LogP contribution >= 0.6 is 0 Å². The number of nitrogens with zero attached hydrogens (tertiary/aromatic N) is 1. The van der Waals surface area contributed by atoms with E-state index in [9.17, 15) is 68.9 Å². The highest BCUT2D eigenvalue weighted by Gasteiger charge is 2.54. The summed E-state index contributed by atoms with van der Waals surface area (Å²) in [5, 5.41) is 61.2. The summed E-state index contributed by atoms with van der Waals surface area (Å²) in [4.78, 5) is 114. The van der Waals surface area contributed by atoms with Gasteiger partial charge in [0.25, 0.3) is 0 Å². The first-order valence-corrected chi connectivity index (χ1v) is 23.1. The van der Waals surface area contributed by atoms with Crippen molar-refractivity contribution in [1.82, 2.24) is 5.32 Å². The second-order valence-corrected chi connectivity index (χ2v) is 18.0. The Balaban J connectivity index is 1.08. The van der Waals surface area contributed by atoms with Gasteiger partial charge >= 0.3 is 35.7 Å². The van der Waals surface area contributed by atoms with E-state index in [1.165, 1.54) is 38.3 Å². The van der Waals surface area contributed by atoms with Crippen molar-refractivity contribution in [3.05, 3.63) is 85.5 Å². The summed E-state index contributed by atoms with van der Waals surface area (Å²) >= 11 is 0. The summed E-state index contributed by atoms with van der Waals surface area (Å²) in [5.74, 6) is -8.06. The average Bonchev–Trinajstić information content (AvgIpc) is 3.33. The zero-order valence-corrected chi connectivity index (χ0v) is 41.2. The lowest BCUT2D eigenvalue weighted by atomic mass is 9.72. The number of aliphatic hydroxyl groups excluding tert-OH is 1. The van der Waals surface area contributed by atoms with Crippen LogP contribution in [0.15, 0.2) is 36.4 Å². The van der Waals surface area contributed by atoms with Crippen LogP contribution in [0.1, 0.15) is 109 Å². The first kappa shape index (κ1) is 55.0. The summed E-state index contributed by atoms with van der Waals surface area (Å²) < 4.78 is 55.7. The number of nitro benzene ring substituents is 1. The van der Waals surface area contributed by atoms with Crippen molar-refractivity contribution in [2.24, 2.45) is 0 Å². The Labute approximate surface area is 425 Å². The minimum atomic E-state index is -2.23. The molecular formula is C49H52N2O24. The molecule has 402 valence electrons. The molecular weight excluding hydrogens is 1000 g/mol. The number of phenolic OH excluding ortho intramolecular Hbond substituents is 2. The maximum absolute atomic E-state index is 14.0. The van der Waals surface area contributed by atoms with Crippen molar-refractivity contribution in [1.29, 1.82) is 0 Å². The topological polar surface area (TPSA) is 365 Å². The molecule has 0 radical (unpaired) electrons. The van der Waals surface area contributed by atoms with Gasteiger partial charge in [0.2, 0.25) is 18.2 Å². The third-order valence-electron chi connectivity index (χ3n) is 12.8. The van der Waals surface area contributed by atoms with E-state index >= 15 is 0 Å². The molecule has 26 nitrogen and oxygen atoms in total. The van der Waals surface area contributed by atoms with Gasteiger partial charge in [-0.15, -0.1) is 0 Å². The number of aromatic hydroxyl groups is 2. The zero-order chi connectivity index (χ0) is 55.0. The molecule has 0 unspecified atom stereocenters. The van der Waals surface area contributed by atoms with Gasteiger partial charge in [-0.1, -0.05) is 18.2 Å². The molecule has 7 rings (SSSR count). The number of hydrogen-bond donors (Lipinski definition) is 5. The number of benzene rings is 3. The van der Waals surface area contributed by atoms with E-state index in [0.717, 1.165) is 46.8 Å². The molecule has 2 fully saturated rings. The van der Waals surface area contributed by atoms with Gasteiger partial charge < -0.3 is 73.1 Å². The number of methoxy groups -OCH3 is 1. The van der Waals surface area contributed by atoms with Gasteiger partial charge in [0.15, 0.2) is 35.8 Å². The van der Waals surface area contributed by atoms with Crippen LogP contribution in [-0.4, -0.2) is 147 Å². The molecule has 0 aromatic heterocycles. The standard InChI is InChI=1S/C49H52N2O24/c1-19-39(57)28(14-34(69-19)73-32-16-49(63,20(2)52)15-27-36(32)43(61)38-37(41(27)59)40(58)26-9-8-10-31(66-7)35(26)42(38)60)50-48(62)68-17-25-11-12-30(29(13-25)51(64)65)74-47-46(72-24(6)56)45(71-23(5)55)44(70-22(4)54)33(75-47)18-67-21(3)53/h8-13,19,28,32-34,39,44-47,57,59,61,63H,14-18H2,1-7H3,(H,50,62)/t19-,28-,32-,33+,34-,39+,44-,45-,46+,47+,49-/m0/s1. The van der Waals surface area contributed by atoms with Crippen LogP contribution < -0.4 is 14.8 Å². The van der Waals surface area contributed by atoms with Crippen molar-refractivity contribution >= 4 is 53.0 Å². The summed E-state index contributed by atoms with van der Waals surface area (Å²) in [6.07, 6.45) is -16.2. The van der Waals surface area contributed by atoms with Gasteiger partial charge in [0.05, 0.1) is 47.0 Å². The van der Waals surface area contributed by atoms with Gasteiger partial charge in [-0.05, 0) is 31.5 Å². The van der Waals surface area contributed by atoms with Crippen LogP contribution in [0.5, 0.6) is 23.0 Å². The molecule has 26 heteroatoms. The molecule has 5 N–H and O–H groups in total. The number of alkyl carbamates (subject to hydrolysis) is 1. The Kier molecular flexibility index (Phi) is 16.1. The number of nitro groups is 1. The fraction of sp³-hybridized carbons (Fsp3) is 0.469. The van der Waals surface area contributed by atoms with Crippen molar-refractivity contribution in [3.8, 4) is 23.0 Å². The number of fused-ring (bicyclic) bond motifs is 3. The molecule has 75 heavy (non-hydrogen) atoms. The molecule has 2 saturated heterocycles. The lowest BCUT2D eigenvalue weighted by Gasteiger charge is -2.43. The Morgan fingerprint density at radius 2 is 1.48 bits per heavy atom. The number of nitrogens with one attached hydrogen (secondary N) is 1. The highest BCUT2D eigenvalue weighted by atomic mass is 16.7. The number of hydrogen-bond acceptors (Lipinski definition) is 24. The van der Waals surface area contributed by atoms with Crippen LogP contribution in [0.3, 0.4) is 0 Å². The lowest BCUT2D eigenvalue weighted by Crippen LogP contribution is -2.63. The van der Waals surface area contributed by atoms with Gasteiger partial charge in [-0.25, -0.2) is 4.79 Å². The van der Waals surface area contributed by atoms with Crippen molar-refractivity contribution in [2.75, 3.05) is 13.7 Å². The third-order valence-corrected chi connectivity index (χ3v) is 12.8. The van der Waals surface area contributed by atoms with E-state index in [1.54, 1.807) is 0 Å². The molecule has 0 saturated carbocycles. The lowest BCUT2D eigenvalue weighted by molar-refractivity contribution is -0.387. The number of carbonyl (C=O) groups is 8. The number of esters is 4. The SMILES string of the molecule is COc1cccc2c1C(=O)c1c(O)c3c(c(O)c1C2=O)C[C@@](O)(C(C)=O)C[C@@H]3O[C@H]1C[C@H](NC(=O)OCc2ccc(O[C@@H]3O[C@H](COC(C)=O)[C@H](OC(C)=O)[C@H](OC(C)=O)[C@H]3OC(C)=O)c([N+](=O)[O-])c2)[C@H](O)[C@H](C)O1. The van der Waals surface area contributed by atoms with Crippen molar-refractivity contribution < 1.29 is 111 Å². The molecule has 3 aromatic carbocycles. The van der Waals surface area contributed by atoms with Crippen LogP contribution in [0, 0.1) is 10.1 Å². The zero-order valence-electron chi connectivity index (χ0n) is 41.2. The van der Waals surface area contributed by atoms with Gasteiger partial charge in [-0.2, -0.15) is 0 Å². The van der Waals surface area contributed by atoms with E-state index in [4.69, 9.17) is 47.4 Å². The molecule has 2 heterocycles. The molecule has 11 atom stereocenters. The first-order chi connectivity index (χ1) is 35.3. The molecule has 2 aliphatic carbocycles. The van der Waals surface area contributed by atoms with Gasteiger partial charge in [-0.3, -0.25) is 43.7 Å². The Morgan fingerprint density at radius 1 is 0.827 bits per heavy atom. The number of aliphatic hydroxyl groups is 2. The Morgan fingerprint density at radius 3 is 2.11 bits per heavy atom. The number of ketones is 3. The molecule has 0 bridgehead atoms. The largest absolute Gasteiger partial charge is 0.507 e. The van der Waals surface area contributed by atoms with E-state index in [0.29, 0.717) is 0 Å². The second-order valence-electron chi connectivity index (χ2n) is 18.0. The van der Waals surface area contributed by atoms with Gasteiger partial charge in [0, 0.05) is 69.7 Å². The van der Waals surface area contributed by atoms with Crippen molar-refractivity contribution in [2.45, 2.75) is 134 Å². The van der Waals surface area contributed by atoms with E-state index in [-0.39, 0.29) is 40.0 Å². The molecule has 2 aliphatic heterocycles. The third kappa shape index (κ3) is 11.3. The number of phenols is 2. The minimum Gasteiger partial charge on any atom is -0.507 e. The number of carbonyl (C=O) groups excluding carboxylic acids is 8. The average molecular weight is 1050 g/mol. The predicted octanol–water partition coefficient (Wildman–Crippen LogP) is 2.37. The normalized spacial score (nSPS) is 26.7. The number of ether oxygens (including phenoxy) is 10. The van der Waals surface area contributed by atoms with E-state index < -0.39 is 179 Å². The predicted molar refractivity (Wildman–Crippen MR) is 245 cm³/mol. The number of amides is 1. The molecule has 4 aliphatic rings. The number of Topliss-reactive ketones (excluding diaryl/α,β-unsaturated/α-hetero) is 1. The smallest absolute Gasteiger partial charge is 0.407 e. The molecule has 3 aromatic rings. The van der Waals surface area contributed by atoms with Crippen LogP contribution in [-0.2, 0) is 74.9 Å². The quantitative estimate of drug-likeness (QED) is 0.0375. The fourth-order valence-corrected chi connectivity index (χ4v) is 9.41. The number of rotatable bonds is 15. The molecule has 1 amide bonds. The van der Waals surface area contributed by atoms with Crippen molar-refractivity contribution in [3.63, 3.8) is 0 Å². The monoisotopic (exact) mass is 1050 g/mol. The summed E-state index contributed by atoms with van der Waals surface area (Å²) in [6, 6.07) is 6.33. The highest BCUT2D eigenvalue weighted by molar-refractivity contribution is 6.31. The maximum atomic E-state index is 14.0. The fourth-order valence-electron chi connectivity index (χ4n) is 9.41. The Hall–Kier alpha value is -7.78.